The SMILES string of the molecule is COC1=CC2C(C)=C(C(=O)N(C)CCCCN(C)S(N)(=O)=O)Cn3c(c(C4CCCCC4)c4ccc(C(=O)OC(C)(C)C)cc43)C2C=C1. The van der Waals surface area contributed by atoms with Gasteiger partial charge in [0, 0.05) is 61.2 Å². The van der Waals surface area contributed by atoms with Gasteiger partial charge in [0.25, 0.3) is 16.1 Å². The third kappa shape index (κ3) is 7.58. The number of unbranched alkanes of at least 4 members (excludes halogenated alkanes) is 1. The Kier molecular flexibility index (Phi) is 10.6. The maximum Gasteiger partial charge on any atom is 0.338 e. The minimum Gasteiger partial charge on any atom is -0.497 e. The number of fused-ring (bicyclic) bond motifs is 5. The van der Waals surface area contributed by atoms with Gasteiger partial charge in [0.05, 0.1) is 19.2 Å². The van der Waals surface area contributed by atoms with Crippen molar-refractivity contribution < 1.29 is 27.5 Å². The molecule has 2 heterocycles. The molecular weight excluding hydrogens is 628 g/mol. The first-order valence-electron chi connectivity index (χ1n) is 17.1. The first kappa shape index (κ1) is 35.9. The number of hydrogen-bond acceptors (Lipinski definition) is 6. The van der Waals surface area contributed by atoms with Crippen LogP contribution in [0.25, 0.3) is 10.9 Å². The Labute approximate surface area is 285 Å². The van der Waals surface area contributed by atoms with Gasteiger partial charge >= 0.3 is 5.97 Å². The molecule has 0 saturated heterocycles. The third-order valence-electron chi connectivity index (χ3n) is 10.1. The zero-order valence-electron chi connectivity index (χ0n) is 29.5. The Bertz CT molecular complexity index is 1760. The largest absolute Gasteiger partial charge is 0.497 e. The summed E-state index contributed by atoms with van der Waals surface area (Å²) in [7, 11) is 1.18. The highest BCUT2D eigenvalue weighted by molar-refractivity contribution is 7.86. The molecule has 0 spiro atoms. The molecule has 2 aromatic rings. The minimum atomic E-state index is -3.74. The normalized spacial score (nSPS) is 20.3. The molecule has 1 saturated carbocycles. The van der Waals surface area contributed by atoms with E-state index in [0.717, 1.165) is 39.4 Å². The monoisotopic (exact) mass is 680 g/mol. The Morgan fingerprint density at radius 3 is 2.38 bits per heavy atom. The lowest BCUT2D eigenvalue weighted by Gasteiger charge is -2.30. The van der Waals surface area contributed by atoms with Gasteiger partial charge in [-0.3, -0.25) is 4.79 Å². The number of allylic oxidation sites excluding steroid dienone is 4. The number of carbonyl (C=O) groups is 2. The summed E-state index contributed by atoms with van der Waals surface area (Å²) < 4.78 is 38.1. The number of rotatable bonds is 10. The molecule has 10 nitrogen and oxygen atoms in total. The molecule has 3 aliphatic rings. The van der Waals surface area contributed by atoms with Crippen LogP contribution in [0.3, 0.4) is 0 Å². The van der Waals surface area contributed by atoms with Crippen molar-refractivity contribution in [2.75, 3.05) is 34.3 Å². The summed E-state index contributed by atoms with van der Waals surface area (Å²) in [4.78, 5) is 29.4. The van der Waals surface area contributed by atoms with E-state index in [1.807, 2.05) is 39.0 Å². The van der Waals surface area contributed by atoms with Gasteiger partial charge in [0.15, 0.2) is 0 Å². The van der Waals surface area contributed by atoms with Crippen LogP contribution >= 0.6 is 0 Å². The van der Waals surface area contributed by atoms with Crippen LogP contribution in [0.15, 0.2) is 53.3 Å². The Morgan fingerprint density at radius 2 is 1.73 bits per heavy atom. The van der Waals surface area contributed by atoms with Gasteiger partial charge in [-0.2, -0.15) is 12.7 Å². The molecule has 1 fully saturated rings. The van der Waals surface area contributed by atoms with Crippen LogP contribution in [0.1, 0.15) is 106 Å². The van der Waals surface area contributed by atoms with Crippen molar-refractivity contribution >= 4 is 33.0 Å². The zero-order chi connectivity index (χ0) is 35.0. The topological polar surface area (TPSA) is 124 Å². The summed E-state index contributed by atoms with van der Waals surface area (Å²) in [5.74, 6) is 0.631. The van der Waals surface area contributed by atoms with Crippen molar-refractivity contribution in [3.63, 3.8) is 0 Å². The van der Waals surface area contributed by atoms with Crippen molar-refractivity contribution in [2.24, 2.45) is 11.1 Å². The van der Waals surface area contributed by atoms with Gasteiger partial charge in [-0.05, 0) is 89.1 Å². The van der Waals surface area contributed by atoms with Crippen molar-refractivity contribution in [1.29, 1.82) is 0 Å². The number of aromatic nitrogens is 1. The predicted octanol–water partition coefficient (Wildman–Crippen LogP) is 6.15. The fourth-order valence-electron chi connectivity index (χ4n) is 7.52. The van der Waals surface area contributed by atoms with E-state index in [9.17, 15) is 18.0 Å². The van der Waals surface area contributed by atoms with E-state index in [1.54, 1.807) is 19.1 Å². The van der Waals surface area contributed by atoms with Gasteiger partial charge in [-0.1, -0.05) is 37.0 Å². The number of esters is 1. The summed E-state index contributed by atoms with van der Waals surface area (Å²) in [6.07, 6.45) is 13.4. The average molecular weight is 681 g/mol. The van der Waals surface area contributed by atoms with E-state index in [-0.39, 0.29) is 30.3 Å². The Morgan fingerprint density at radius 1 is 1.04 bits per heavy atom. The minimum absolute atomic E-state index is 0.0115. The molecule has 1 aromatic heterocycles. The molecular formula is C37H52N4O6S. The number of ether oxygens (including phenoxy) is 2. The van der Waals surface area contributed by atoms with Crippen molar-refractivity contribution in [1.82, 2.24) is 13.8 Å². The van der Waals surface area contributed by atoms with Crippen LogP contribution in [-0.2, 0) is 31.0 Å². The molecule has 11 heteroatoms. The average Bonchev–Trinajstić information content (AvgIpc) is 3.30. The molecule has 48 heavy (non-hydrogen) atoms. The number of carbonyl (C=O) groups excluding carboxylic acids is 2. The molecule has 2 N–H and O–H groups in total. The van der Waals surface area contributed by atoms with Crippen LogP contribution in [0.4, 0.5) is 0 Å². The summed E-state index contributed by atoms with van der Waals surface area (Å²) in [5, 5.41) is 6.37. The number of nitrogens with zero attached hydrogens (tertiary/aromatic N) is 3. The first-order chi connectivity index (χ1) is 22.6. The molecule has 0 radical (unpaired) electrons. The number of hydrogen-bond donors (Lipinski definition) is 1. The molecule has 262 valence electrons. The highest BCUT2D eigenvalue weighted by Gasteiger charge is 2.38. The van der Waals surface area contributed by atoms with Gasteiger partial charge < -0.3 is 18.9 Å². The lowest BCUT2D eigenvalue weighted by Crippen LogP contribution is -2.35. The number of amides is 1. The van der Waals surface area contributed by atoms with Crippen LogP contribution < -0.4 is 5.14 Å². The second-order valence-electron chi connectivity index (χ2n) is 14.6. The molecule has 1 amide bonds. The van der Waals surface area contributed by atoms with Crippen molar-refractivity contribution in [2.45, 2.75) is 96.6 Å². The fourth-order valence-corrected chi connectivity index (χ4v) is 7.90. The highest BCUT2D eigenvalue weighted by Crippen LogP contribution is 2.49. The molecule has 2 unspecified atom stereocenters. The Hall–Kier alpha value is -3.41. The number of methoxy groups -OCH3 is 1. The van der Waals surface area contributed by atoms with Crippen LogP contribution in [0.5, 0.6) is 0 Å². The van der Waals surface area contributed by atoms with E-state index >= 15 is 0 Å². The molecule has 2 atom stereocenters. The fraction of sp³-hybridized carbons (Fsp3) is 0.568. The molecule has 2 aliphatic carbocycles. The van der Waals surface area contributed by atoms with E-state index in [2.05, 4.69) is 29.7 Å². The quantitative estimate of drug-likeness (QED) is 0.237. The zero-order valence-corrected chi connectivity index (χ0v) is 30.4. The molecule has 0 bridgehead atoms. The first-order valence-corrected chi connectivity index (χ1v) is 18.6. The second-order valence-corrected chi connectivity index (χ2v) is 16.3. The predicted molar refractivity (Wildman–Crippen MR) is 189 cm³/mol. The van der Waals surface area contributed by atoms with Crippen molar-refractivity contribution in [3.05, 3.63) is 70.2 Å². The van der Waals surface area contributed by atoms with E-state index in [1.165, 1.54) is 37.6 Å². The van der Waals surface area contributed by atoms with E-state index in [4.69, 9.17) is 14.6 Å². The lowest BCUT2D eigenvalue weighted by atomic mass is 9.75. The van der Waals surface area contributed by atoms with Crippen LogP contribution in [0.2, 0.25) is 0 Å². The number of likely N-dealkylation sites (N-methyl/N-ethyl adjacent to an activating group) is 1. The van der Waals surface area contributed by atoms with E-state index in [0.29, 0.717) is 43.0 Å². The van der Waals surface area contributed by atoms with Crippen LogP contribution in [-0.4, -0.2) is 74.0 Å². The van der Waals surface area contributed by atoms with E-state index < -0.39 is 15.8 Å². The highest BCUT2D eigenvalue weighted by atomic mass is 32.2. The summed E-state index contributed by atoms with van der Waals surface area (Å²) in [6.45, 7) is 8.78. The molecule has 1 aliphatic heterocycles. The van der Waals surface area contributed by atoms with Gasteiger partial charge in [-0.15, -0.1) is 0 Å². The van der Waals surface area contributed by atoms with Gasteiger partial charge in [-0.25, -0.2) is 9.93 Å². The standard InChI is InChI=1S/C37H52N4O6S/c1-24-30-22-27(46-7)16-18-28(30)34-33(25-13-9-8-10-14-25)29-17-15-26(36(43)47-37(2,3)4)21-32(29)41(34)23-31(24)35(42)39(5)19-11-12-20-40(6)48(38,44)45/h15-18,21-22,25,28,30H,8-14,19-20,23H2,1-7H3,(H2,38,44,45). The summed E-state index contributed by atoms with van der Waals surface area (Å²) >= 11 is 0. The summed E-state index contributed by atoms with van der Waals surface area (Å²) in [6, 6.07) is 5.92. The second kappa shape index (κ2) is 14.2. The lowest BCUT2D eigenvalue weighted by molar-refractivity contribution is -0.126. The summed E-state index contributed by atoms with van der Waals surface area (Å²) in [5.41, 5.74) is 5.06. The van der Waals surface area contributed by atoms with Crippen LogP contribution in [0, 0.1) is 5.92 Å². The smallest absolute Gasteiger partial charge is 0.338 e. The number of nitrogens with two attached hydrogens (primary N) is 1. The molecule has 1 aromatic carbocycles. The van der Waals surface area contributed by atoms with Gasteiger partial charge in [0.2, 0.25) is 0 Å². The third-order valence-corrected chi connectivity index (χ3v) is 11.1. The van der Waals surface area contributed by atoms with Gasteiger partial charge in [0.1, 0.15) is 11.4 Å². The number of benzene rings is 1. The maximum absolute atomic E-state index is 14.3. The van der Waals surface area contributed by atoms with Crippen molar-refractivity contribution in [3.8, 4) is 0 Å². The molecule has 5 rings (SSSR count). The maximum atomic E-state index is 14.3. The Balaban J connectivity index is 1.60.